The Morgan fingerprint density at radius 1 is 1.37 bits per heavy atom. The van der Waals surface area contributed by atoms with Crippen molar-refractivity contribution in [3.8, 4) is 0 Å². The summed E-state index contributed by atoms with van der Waals surface area (Å²) < 4.78 is 10.1. The van der Waals surface area contributed by atoms with Crippen LogP contribution in [0.4, 0.5) is 0 Å². The fourth-order valence-electron chi connectivity index (χ4n) is 2.03. The van der Waals surface area contributed by atoms with Crippen molar-refractivity contribution >= 4 is 5.97 Å². The van der Waals surface area contributed by atoms with E-state index in [1.54, 1.807) is 14.0 Å². The summed E-state index contributed by atoms with van der Waals surface area (Å²) in [6.07, 6.45) is -0.310. The van der Waals surface area contributed by atoms with Gasteiger partial charge in [0, 0.05) is 7.11 Å². The zero-order valence-corrected chi connectivity index (χ0v) is 11.8. The van der Waals surface area contributed by atoms with E-state index in [9.17, 15) is 9.90 Å². The van der Waals surface area contributed by atoms with E-state index in [1.807, 2.05) is 31.2 Å². The predicted molar refractivity (Wildman–Crippen MR) is 72.5 cm³/mol. The molecule has 0 aliphatic heterocycles. The zero-order valence-electron chi connectivity index (χ0n) is 11.8. The van der Waals surface area contributed by atoms with E-state index in [1.165, 1.54) is 0 Å². The maximum absolute atomic E-state index is 11.8. The number of ether oxygens (including phenoxy) is 2. The van der Waals surface area contributed by atoms with Crippen molar-refractivity contribution in [2.75, 3.05) is 13.7 Å². The van der Waals surface area contributed by atoms with Gasteiger partial charge in [-0.05, 0) is 24.5 Å². The summed E-state index contributed by atoms with van der Waals surface area (Å²) in [4.78, 5) is 11.8. The highest BCUT2D eigenvalue weighted by atomic mass is 16.5. The molecule has 1 aromatic rings. The maximum Gasteiger partial charge on any atom is 0.311 e. The standard InChI is InChI=1S/C15H22O4/c1-4-13(15(17)19-5-2)14(16)12-8-6-7-11(9-12)10-18-3/h6-9,13-14,16H,4-5,10H2,1-3H3. The van der Waals surface area contributed by atoms with Gasteiger partial charge in [-0.1, -0.05) is 31.2 Å². The molecule has 0 amide bonds. The number of aliphatic hydroxyl groups excluding tert-OH is 1. The van der Waals surface area contributed by atoms with Crippen LogP contribution in [0, 0.1) is 5.92 Å². The Morgan fingerprint density at radius 3 is 2.68 bits per heavy atom. The molecule has 0 radical (unpaired) electrons. The Balaban J connectivity index is 2.87. The lowest BCUT2D eigenvalue weighted by molar-refractivity contribution is -0.152. The van der Waals surface area contributed by atoms with Gasteiger partial charge in [-0.15, -0.1) is 0 Å². The molecule has 106 valence electrons. The van der Waals surface area contributed by atoms with Gasteiger partial charge >= 0.3 is 5.97 Å². The molecule has 0 aliphatic rings. The molecule has 1 rings (SSSR count). The van der Waals surface area contributed by atoms with Crippen molar-refractivity contribution in [1.29, 1.82) is 0 Å². The molecule has 0 fully saturated rings. The molecule has 1 aromatic carbocycles. The first-order valence-electron chi connectivity index (χ1n) is 6.56. The van der Waals surface area contributed by atoms with Crippen molar-refractivity contribution in [2.24, 2.45) is 5.92 Å². The van der Waals surface area contributed by atoms with Gasteiger partial charge in [-0.2, -0.15) is 0 Å². The number of aliphatic hydroxyl groups is 1. The average molecular weight is 266 g/mol. The monoisotopic (exact) mass is 266 g/mol. The molecule has 0 aromatic heterocycles. The third kappa shape index (κ3) is 4.33. The SMILES string of the molecule is CCOC(=O)C(CC)C(O)c1cccc(COC)c1. The second-order valence-corrected chi connectivity index (χ2v) is 4.39. The lowest BCUT2D eigenvalue weighted by Gasteiger charge is -2.20. The van der Waals surface area contributed by atoms with Gasteiger partial charge < -0.3 is 14.6 Å². The average Bonchev–Trinajstić information content (AvgIpc) is 2.40. The van der Waals surface area contributed by atoms with Crippen LogP contribution < -0.4 is 0 Å². The smallest absolute Gasteiger partial charge is 0.311 e. The van der Waals surface area contributed by atoms with Gasteiger partial charge in [0.15, 0.2) is 0 Å². The summed E-state index contributed by atoms with van der Waals surface area (Å²) in [6, 6.07) is 7.44. The van der Waals surface area contributed by atoms with Gasteiger partial charge in [-0.25, -0.2) is 0 Å². The number of methoxy groups -OCH3 is 1. The first kappa shape index (κ1) is 15.7. The lowest BCUT2D eigenvalue weighted by atomic mass is 9.92. The Hall–Kier alpha value is -1.39. The minimum atomic E-state index is -0.846. The largest absolute Gasteiger partial charge is 0.466 e. The molecule has 2 unspecified atom stereocenters. The van der Waals surface area contributed by atoms with Gasteiger partial charge in [0.2, 0.25) is 0 Å². The molecule has 0 heterocycles. The Kier molecular flexibility index (Phi) is 6.53. The highest BCUT2D eigenvalue weighted by Gasteiger charge is 2.27. The summed E-state index contributed by atoms with van der Waals surface area (Å²) >= 11 is 0. The zero-order chi connectivity index (χ0) is 14.3. The Morgan fingerprint density at radius 2 is 2.11 bits per heavy atom. The maximum atomic E-state index is 11.8. The molecule has 1 N–H and O–H groups in total. The molecule has 0 aliphatic carbocycles. The van der Waals surface area contributed by atoms with E-state index < -0.39 is 12.0 Å². The second-order valence-electron chi connectivity index (χ2n) is 4.39. The van der Waals surface area contributed by atoms with E-state index in [-0.39, 0.29) is 5.97 Å². The van der Waals surface area contributed by atoms with E-state index in [0.29, 0.717) is 19.6 Å². The number of carbonyl (C=O) groups is 1. The quantitative estimate of drug-likeness (QED) is 0.770. The van der Waals surface area contributed by atoms with Crippen LogP contribution >= 0.6 is 0 Å². The first-order valence-corrected chi connectivity index (χ1v) is 6.56. The highest BCUT2D eigenvalue weighted by molar-refractivity contribution is 5.73. The van der Waals surface area contributed by atoms with Crippen LogP contribution in [0.5, 0.6) is 0 Å². The van der Waals surface area contributed by atoms with Crippen molar-refractivity contribution in [1.82, 2.24) is 0 Å². The van der Waals surface area contributed by atoms with Crippen LogP contribution in [0.2, 0.25) is 0 Å². The topological polar surface area (TPSA) is 55.8 Å². The van der Waals surface area contributed by atoms with E-state index >= 15 is 0 Å². The molecule has 19 heavy (non-hydrogen) atoms. The summed E-state index contributed by atoms with van der Waals surface area (Å²) in [5, 5.41) is 10.3. The molecule has 2 atom stereocenters. The van der Waals surface area contributed by atoms with E-state index in [4.69, 9.17) is 9.47 Å². The van der Waals surface area contributed by atoms with Gasteiger partial charge in [-0.3, -0.25) is 4.79 Å². The molecule has 4 heteroatoms. The molecule has 0 saturated heterocycles. The minimum absolute atomic E-state index is 0.325. The second kappa shape index (κ2) is 7.92. The number of hydrogen-bond acceptors (Lipinski definition) is 4. The third-order valence-electron chi connectivity index (χ3n) is 3.01. The van der Waals surface area contributed by atoms with Crippen LogP contribution in [-0.4, -0.2) is 24.8 Å². The molecule has 0 spiro atoms. The number of esters is 1. The first-order chi connectivity index (χ1) is 9.13. The lowest BCUT2D eigenvalue weighted by Crippen LogP contribution is -2.24. The van der Waals surface area contributed by atoms with Gasteiger partial charge in [0.05, 0.1) is 25.2 Å². The van der Waals surface area contributed by atoms with Crippen molar-refractivity contribution in [3.05, 3.63) is 35.4 Å². The van der Waals surface area contributed by atoms with Crippen LogP contribution in [0.25, 0.3) is 0 Å². The van der Waals surface area contributed by atoms with Crippen LogP contribution in [-0.2, 0) is 20.9 Å². The summed E-state index contributed by atoms with van der Waals surface area (Å²) in [5.41, 5.74) is 1.69. The summed E-state index contributed by atoms with van der Waals surface area (Å²) in [7, 11) is 1.62. The van der Waals surface area contributed by atoms with Gasteiger partial charge in [0.25, 0.3) is 0 Å². The van der Waals surface area contributed by atoms with E-state index in [0.717, 1.165) is 11.1 Å². The number of hydrogen-bond donors (Lipinski definition) is 1. The molecule has 0 saturated carbocycles. The Labute approximate surface area is 114 Å². The van der Waals surface area contributed by atoms with Crippen molar-refractivity contribution in [2.45, 2.75) is 33.0 Å². The van der Waals surface area contributed by atoms with Crippen LogP contribution in [0.15, 0.2) is 24.3 Å². The van der Waals surface area contributed by atoms with Crippen molar-refractivity contribution < 1.29 is 19.4 Å². The normalized spacial score (nSPS) is 13.9. The number of carbonyl (C=O) groups excluding carboxylic acids is 1. The third-order valence-corrected chi connectivity index (χ3v) is 3.01. The van der Waals surface area contributed by atoms with Crippen molar-refractivity contribution in [3.63, 3.8) is 0 Å². The Bertz CT molecular complexity index is 403. The molecular formula is C15H22O4. The fourth-order valence-corrected chi connectivity index (χ4v) is 2.03. The highest BCUT2D eigenvalue weighted by Crippen LogP contribution is 2.26. The van der Waals surface area contributed by atoms with Crippen LogP contribution in [0.1, 0.15) is 37.5 Å². The number of rotatable bonds is 7. The van der Waals surface area contributed by atoms with Gasteiger partial charge in [0.1, 0.15) is 0 Å². The predicted octanol–water partition coefficient (Wildman–Crippen LogP) is 2.46. The molecule has 0 bridgehead atoms. The summed E-state index contributed by atoms with van der Waals surface area (Å²) in [5.74, 6) is -0.882. The molecular weight excluding hydrogens is 244 g/mol. The van der Waals surface area contributed by atoms with E-state index in [2.05, 4.69) is 0 Å². The molecule has 4 nitrogen and oxygen atoms in total. The number of benzene rings is 1. The summed E-state index contributed by atoms with van der Waals surface area (Å²) in [6.45, 7) is 4.43. The van der Waals surface area contributed by atoms with Crippen LogP contribution in [0.3, 0.4) is 0 Å². The minimum Gasteiger partial charge on any atom is -0.466 e. The fraction of sp³-hybridized carbons (Fsp3) is 0.533.